The summed E-state index contributed by atoms with van der Waals surface area (Å²) in [7, 11) is 0. The van der Waals surface area contributed by atoms with Gasteiger partial charge in [0.1, 0.15) is 5.71 Å². The minimum Gasteiger partial charge on any atom is -0.324 e. The Morgan fingerprint density at radius 2 is 1.59 bits per heavy atom. The van der Waals surface area contributed by atoms with Gasteiger partial charge in [0.05, 0.1) is 5.69 Å². The Labute approximate surface area is 168 Å². The summed E-state index contributed by atoms with van der Waals surface area (Å²) in [5.74, 6) is 0.871. The van der Waals surface area contributed by atoms with Crippen LogP contribution in [0.25, 0.3) is 0 Å². The molecule has 0 fully saturated rings. The summed E-state index contributed by atoms with van der Waals surface area (Å²) in [6, 6.07) is 25.0. The van der Waals surface area contributed by atoms with Gasteiger partial charge in [-0.3, -0.25) is 0 Å². The predicted octanol–water partition coefficient (Wildman–Crippen LogP) is 5.80. The average molecular weight is 418 g/mol. The molecule has 0 aliphatic carbocycles. The summed E-state index contributed by atoms with van der Waals surface area (Å²) in [5.41, 5.74) is 6.45. The van der Waals surface area contributed by atoms with Crippen LogP contribution >= 0.6 is 15.9 Å². The summed E-state index contributed by atoms with van der Waals surface area (Å²) < 4.78 is 1.05. The molecule has 1 aliphatic heterocycles. The van der Waals surface area contributed by atoms with Crippen LogP contribution in [0.5, 0.6) is 0 Å². The van der Waals surface area contributed by atoms with E-state index >= 15 is 0 Å². The summed E-state index contributed by atoms with van der Waals surface area (Å²) in [6.45, 7) is 5.07. The first-order valence-electron chi connectivity index (χ1n) is 9.03. The Kier molecular flexibility index (Phi) is 4.90. The molecule has 0 unspecified atom stereocenters. The fourth-order valence-corrected chi connectivity index (χ4v) is 3.60. The van der Waals surface area contributed by atoms with Crippen LogP contribution in [-0.4, -0.2) is 18.1 Å². The number of fused-ring (bicyclic) bond motifs is 1. The van der Waals surface area contributed by atoms with Crippen molar-refractivity contribution in [2.75, 3.05) is 11.4 Å². The predicted molar refractivity (Wildman–Crippen MR) is 117 cm³/mol. The van der Waals surface area contributed by atoms with E-state index in [1.165, 1.54) is 5.56 Å². The number of halogens is 1. The number of aryl methyl sites for hydroxylation is 1. The lowest BCUT2D eigenvalue weighted by Crippen LogP contribution is -2.31. The molecule has 134 valence electrons. The maximum Gasteiger partial charge on any atom is 0.162 e. The quantitative estimate of drug-likeness (QED) is 0.529. The van der Waals surface area contributed by atoms with Gasteiger partial charge in [-0.05, 0) is 38.1 Å². The van der Waals surface area contributed by atoms with Gasteiger partial charge in [-0.25, -0.2) is 0 Å². The second kappa shape index (κ2) is 7.49. The van der Waals surface area contributed by atoms with Gasteiger partial charge in [0.2, 0.25) is 0 Å². The SMILES string of the molecule is CCN1C(c2ccccc2)=NN=C(c2ccc(Br)cc2)c2cc(C)ccc21. The largest absolute Gasteiger partial charge is 0.324 e. The van der Waals surface area contributed by atoms with Crippen molar-refractivity contribution in [3.05, 3.63) is 99.5 Å². The first kappa shape index (κ1) is 17.7. The van der Waals surface area contributed by atoms with Crippen molar-refractivity contribution in [3.8, 4) is 0 Å². The molecule has 0 atom stereocenters. The molecule has 4 rings (SSSR count). The lowest BCUT2D eigenvalue weighted by atomic mass is 9.98. The van der Waals surface area contributed by atoms with Crippen LogP contribution in [0.3, 0.4) is 0 Å². The zero-order valence-corrected chi connectivity index (χ0v) is 16.9. The lowest BCUT2D eigenvalue weighted by molar-refractivity contribution is 1.04. The Balaban J connectivity index is 1.95. The Bertz CT molecular complexity index is 1020. The van der Waals surface area contributed by atoms with Crippen molar-refractivity contribution in [1.29, 1.82) is 0 Å². The average Bonchev–Trinajstić information content (AvgIpc) is 2.85. The number of amidine groups is 1. The van der Waals surface area contributed by atoms with Gasteiger partial charge in [0, 0.05) is 27.7 Å². The van der Waals surface area contributed by atoms with Gasteiger partial charge in [-0.15, -0.1) is 10.2 Å². The molecule has 1 heterocycles. The molecule has 0 saturated heterocycles. The zero-order chi connectivity index (χ0) is 18.8. The van der Waals surface area contributed by atoms with Gasteiger partial charge in [0.25, 0.3) is 0 Å². The minimum absolute atomic E-state index is 0.812. The molecule has 3 aromatic carbocycles. The van der Waals surface area contributed by atoms with Crippen LogP contribution < -0.4 is 4.90 Å². The van der Waals surface area contributed by atoms with E-state index in [9.17, 15) is 0 Å². The number of rotatable bonds is 3. The van der Waals surface area contributed by atoms with Crippen LogP contribution in [0.1, 0.15) is 29.2 Å². The van der Waals surface area contributed by atoms with Crippen molar-refractivity contribution in [1.82, 2.24) is 0 Å². The highest BCUT2D eigenvalue weighted by Crippen LogP contribution is 2.30. The van der Waals surface area contributed by atoms with E-state index in [4.69, 9.17) is 5.10 Å². The molecule has 0 amide bonds. The van der Waals surface area contributed by atoms with E-state index in [0.717, 1.165) is 44.9 Å². The first-order valence-corrected chi connectivity index (χ1v) is 9.82. The molecular weight excluding hydrogens is 398 g/mol. The van der Waals surface area contributed by atoms with Gasteiger partial charge >= 0.3 is 0 Å². The van der Waals surface area contributed by atoms with Crippen LogP contribution in [0, 0.1) is 6.92 Å². The van der Waals surface area contributed by atoms with E-state index in [-0.39, 0.29) is 0 Å². The number of hydrogen-bond donors (Lipinski definition) is 0. The number of benzene rings is 3. The van der Waals surface area contributed by atoms with Gasteiger partial charge in [0.15, 0.2) is 5.84 Å². The molecule has 3 aromatic rings. The second-order valence-corrected chi connectivity index (χ2v) is 7.43. The van der Waals surface area contributed by atoms with Crippen molar-refractivity contribution < 1.29 is 0 Å². The van der Waals surface area contributed by atoms with E-state index < -0.39 is 0 Å². The molecule has 0 bridgehead atoms. The molecule has 0 N–H and O–H groups in total. The summed E-state index contributed by atoms with van der Waals surface area (Å²) in [4.78, 5) is 2.24. The zero-order valence-electron chi connectivity index (χ0n) is 15.4. The van der Waals surface area contributed by atoms with Gasteiger partial charge in [-0.1, -0.05) is 70.0 Å². The Morgan fingerprint density at radius 3 is 2.30 bits per heavy atom. The van der Waals surface area contributed by atoms with Crippen LogP contribution in [-0.2, 0) is 0 Å². The van der Waals surface area contributed by atoms with Crippen LogP contribution in [0.2, 0.25) is 0 Å². The number of nitrogens with zero attached hydrogens (tertiary/aromatic N) is 3. The smallest absolute Gasteiger partial charge is 0.162 e. The Hall–Kier alpha value is -2.72. The fraction of sp³-hybridized carbons (Fsp3) is 0.130. The molecule has 27 heavy (non-hydrogen) atoms. The molecule has 3 nitrogen and oxygen atoms in total. The van der Waals surface area contributed by atoms with Crippen molar-refractivity contribution in [3.63, 3.8) is 0 Å². The lowest BCUT2D eigenvalue weighted by Gasteiger charge is -2.25. The highest BCUT2D eigenvalue weighted by molar-refractivity contribution is 9.10. The normalized spacial score (nSPS) is 13.5. The molecule has 0 saturated carbocycles. The van der Waals surface area contributed by atoms with E-state index in [2.05, 4.69) is 82.2 Å². The highest BCUT2D eigenvalue weighted by atomic mass is 79.9. The monoisotopic (exact) mass is 417 g/mol. The molecule has 0 spiro atoms. The molecule has 4 heteroatoms. The third-order valence-electron chi connectivity index (χ3n) is 4.66. The Morgan fingerprint density at radius 1 is 0.852 bits per heavy atom. The topological polar surface area (TPSA) is 28.0 Å². The standard InChI is InChI=1S/C23H20BrN3/c1-3-27-21-14-9-16(2)15-20(21)22(17-10-12-19(24)13-11-17)25-26-23(27)18-7-5-4-6-8-18/h4-15H,3H2,1-2H3. The summed E-state index contributed by atoms with van der Waals surface area (Å²) in [5, 5.41) is 9.40. The van der Waals surface area contributed by atoms with Gasteiger partial charge in [-0.2, -0.15) is 0 Å². The third-order valence-corrected chi connectivity index (χ3v) is 5.19. The maximum absolute atomic E-state index is 4.71. The molecule has 0 aromatic heterocycles. The third kappa shape index (κ3) is 3.45. The van der Waals surface area contributed by atoms with Gasteiger partial charge < -0.3 is 4.90 Å². The van der Waals surface area contributed by atoms with E-state index in [0.29, 0.717) is 0 Å². The van der Waals surface area contributed by atoms with Crippen molar-refractivity contribution in [2.45, 2.75) is 13.8 Å². The number of anilines is 1. The van der Waals surface area contributed by atoms with Crippen molar-refractivity contribution >= 4 is 33.2 Å². The highest BCUT2D eigenvalue weighted by Gasteiger charge is 2.23. The second-order valence-electron chi connectivity index (χ2n) is 6.51. The summed E-state index contributed by atoms with van der Waals surface area (Å²) >= 11 is 3.51. The molecular formula is C23H20BrN3. The summed E-state index contributed by atoms with van der Waals surface area (Å²) in [6.07, 6.45) is 0. The number of hydrogen-bond acceptors (Lipinski definition) is 3. The fourth-order valence-electron chi connectivity index (χ4n) is 3.34. The van der Waals surface area contributed by atoms with E-state index in [1.54, 1.807) is 0 Å². The molecule has 0 radical (unpaired) electrons. The molecule has 1 aliphatic rings. The first-order chi connectivity index (χ1) is 13.2. The maximum atomic E-state index is 4.71. The minimum atomic E-state index is 0.812. The van der Waals surface area contributed by atoms with E-state index in [1.807, 2.05) is 30.3 Å². The van der Waals surface area contributed by atoms with Crippen molar-refractivity contribution in [2.24, 2.45) is 10.2 Å². The van der Waals surface area contributed by atoms with Crippen LogP contribution in [0.4, 0.5) is 5.69 Å². The van der Waals surface area contributed by atoms with Crippen LogP contribution in [0.15, 0.2) is 87.5 Å².